The van der Waals surface area contributed by atoms with Gasteiger partial charge >= 0.3 is 0 Å². The van der Waals surface area contributed by atoms with Crippen LogP contribution < -0.4 is 0 Å². The Hall–Kier alpha value is -0.770. The van der Waals surface area contributed by atoms with E-state index in [0.717, 1.165) is 19.3 Å². The van der Waals surface area contributed by atoms with E-state index in [0.29, 0.717) is 0 Å². The third-order valence-electron chi connectivity index (χ3n) is 3.20. The van der Waals surface area contributed by atoms with Gasteiger partial charge in [0.1, 0.15) is 0 Å². The Balaban J connectivity index is 2.64. The minimum atomic E-state index is -0.0340. The molecule has 1 fully saturated rings. The predicted molar refractivity (Wildman–Crippen MR) is 59.8 cm³/mol. The second kappa shape index (κ2) is 5.20. The maximum absolute atomic E-state index is 9.30. The Morgan fingerprint density at radius 1 is 1.21 bits per heavy atom. The summed E-state index contributed by atoms with van der Waals surface area (Å²) < 4.78 is 0. The number of hydrogen-bond donors (Lipinski definition) is 0. The molecule has 0 heterocycles. The third-order valence-corrected chi connectivity index (χ3v) is 3.20. The molecule has 0 spiro atoms. The van der Waals surface area contributed by atoms with Crippen LogP contribution >= 0.6 is 0 Å². The van der Waals surface area contributed by atoms with Gasteiger partial charge in [0.15, 0.2) is 0 Å². The van der Waals surface area contributed by atoms with Crippen molar-refractivity contribution < 1.29 is 0 Å². The van der Waals surface area contributed by atoms with E-state index in [4.69, 9.17) is 0 Å². The smallest absolute Gasteiger partial charge is 0.0693 e. The first-order valence-electron chi connectivity index (χ1n) is 5.73. The number of nitriles is 1. The fourth-order valence-electron chi connectivity index (χ4n) is 2.17. The molecule has 0 saturated heterocycles. The van der Waals surface area contributed by atoms with E-state index in [2.05, 4.69) is 26.0 Å². The van der Waals surface area contributed by atoms with Gasteiger partial charge in [-0.25, -0.2) is 0 Å². The molecule has 14 heavy (non-hydrogen) atoms. The molecule has 1 nitrogen and oxygen atoms in total. The Bertz CT molecular complexity index is 232. The lowest BCUT2D eigenvalue weighted by atomic mass is 9.78. The SMILES string of the molecule is CC(C)=CCC1(C#N)CCCCCC1. The number of hydrogen-bond acceptors (Lipinski definition) is 1. The highest BCUT2D eigenvalue weighted by Crippen LogP contribution is 2.37. The number of nitrogens with zero attached hydrogens (tertiary/aromatic N) is 1. The lowest BCUT2D eigenvalue weighted by Crippen LogP contribution is -2.16. The van der Waals surface area contributed by atoms with E-state index in [1.165, 1.54) is 31.3 Å². The largest absolute Gasteiger partial charge is 0.198 e. The summed E-state index contributed by atoms with van der Waals surface area (Å²) in [4.78, 5) is 0. The maximum Gasteiger partial charge on any atom is 0.0693 e. The van der Waals surface area contributed by atoms with Crippen LogP contribution in [0.3, 0.4) is 0 Å². The molecular weight excluding hydrogens is 170 g/mol. The van der Waals surface area contributed by atoms with E-state index >= 15 is 0 Å². The van der Waals surface area contributed by atoms with Gasteiger partial charge in [-0.2, -0.15) is 5.26 Å². The van der Waals surface area contributed by atoms with Gasteiger partial charge in [0.25, 0.3) is 0 Å². The molecule has 0 radical (unpaired) electrons. The summed E-state index contributed by atoms with van der Waals surface area (Å²) in [6.45, 7) is 4.23. The lowest BCUT2D eigenvalue weighted by Gasteiger charge is -2.23. The van der Waals surface area contributed by atoms with Crippen LogP contribution in [0.5, 0.6) is 0 Å². The summed E-state index contributed by atoms with van der Waals surface area (Å²) in [6.07, 6.45) is 10.5. The zero-order chi connectivity index (χ0) is 10.4. The molecule has 0 N–H and O–H groups in total. The average molecular weight is 191 g/mol. The van der Waals surface area contributed by atoms with Crippen molar-refractivity contribution in [1.82, 2.24) is 0 Å². The minimum Gasteiger partial charge on any atom is -0.198 e. The van der Waals surface area contributed by atoms with Gasteiger partial charge in [0, 0.05) is 0 Å². The van der Waals surface area contributed by atoms with E-state index in [9.17, 15) is 5.26 Å². The molecule has 1 heteroatoms. The molecule has 0 bridgehead atoms. The lowest BCUT2D eigenvalue weighted by molar-refractivity contribution is 0.345. The topological polar surface area (TPSA) is 23.8 Å². The molecule has 0 aromatic rings. The van der Waals surface area contributed by atoms with Crippen LogP contribution in [-0.2, 0) is 0 Å². The van der Waals surface area contributed by atoms with Crippen LogP contribution in [0.4, 0.5) is 0 Å². The second-order valence-electron chi connectivity index (χ2n) is 4.79. The predicted octanol–water partition coefficient (Wildman–Crippen LogP) is 4.21. The van der Waals surface area contributed by atoms with Gasteiger partial charge in [0.2, 0.25) is 0 Å². The molecule has 0 aliphatic heterocycles. The van der Waals surface area contributed by atoms with Crippen LogP contribution in [0.15, 0.2) is 11.6 Å². The molecule has 0 amide bonds. The Labute approximate surface area is 87.8 Å². The molecule has 1 saturated carbocycles. The summed E-state index contributed by atoms with van der Waals surface area (Å²) in [6, 6.07) is 2.57. The van der Waals surface area contributed by atoms with Gasteiger partial charge in [-0.3, -0.25) is 0 Å². The van der Waals surface area contributed by atoms with Gasteiger partial charge < -0.3 is 0 Å². The van der Waals surface area contributed by atoms with Crippen molar-refractivity contribution in [1.29, 1.82) is 5.26 Å². The van der Waals surface area contributed by atoms with E-state index < -0.39 is 0 Å². The zero-order valence-electron chi connectivity index (χ0n) is 9.47. The van der Waals surface area contributed by atoms with Crippen molar-refractivity contribution in [3.8, 4) is 6.07 Å². The standard InChI is InChI=1S/C13H21N/c1-12(2)7-10-13(11-14)8-5-3-4-6-9-13/h7H,3-6,8-10H2,1-2H3. The minimum absolute atomic E-state index is 0.0340. The summed E-state index contributed by atoms with van der Waals surface area (Å²) in [5.74, 6) is 0. The van der Waals surface area contributed by atoms with Crippen molar-refractivity contribution in [2.75, 3.05) is 0 Å². The van der Waals surface area contributed by atoms with Gasteiger partial charge in [-0.05, 0) is 33.1 Å². The van der Waals surface area contributed by atoms with Crippen LogP contribution in [-0.4, -0.2) is 0 Å². The fourth-order valence-corrected chi connectivity index (χ4v) is 2.17. The molecule has 0 aromatic carbocycles. The summed E-state index contributed by atoms with van der Waals surface area (Å²) in [7, 11) is 0. The van der Waals surface area contributed by atoms with E-state index in [1.807, 2.05) is 0 Å². The molecular formula is C13H21N. The highest BCUT2D eigenvalue weighted by atomic mass is 14.4. The maximum atomic E-state index is 9.30. The van der Waals surface area contributed by atoms with Crippen LogP contribution in [0.1, 0.15) is 58.8 Å². The monoisotopic (exact) mass is 191 g/mol. The molecule has 1 aliphatic rings. The van der Waals surface area contributed by atoms with Crippen LogP contribution in [0.2, 0.25) is 0 Å². The first-order valence-corrected chi connectivity index (χ1v) is 5.73. The van der Waals surface area contributed by atoms with Gasteiger partial charge in [-0.15, -0.1) is 0 Å². The van der Waals surface area contributed by atoms with Crippen molar-refractivity contribution in [2.24, 2.45) is 5.41 Å². The second-order valence-corrected chi connectivity index (χ2v) is 4.79. The highest BCUT2D eigenvalue weighted by molar-refractivity contribution is 5.06. The van der Waals surface area contributed by atoms with E-state index in [-0.39, 0.29) is 5.41 Å². The fraction of sp³-hybridized carbons (Fsp3) is 0.769. The number of allylic oxidation sites excluding steroid dienone is 2. The Morgan fingerprint density at radius 3 is 2.21 bits per heavy atom. The summed E-state index contributed by atoms with van der Waals surface area (Å²) in [5, 5.41) is 9.30. The normalized spacial score (nSPS) is 20.6. The molecule has 1 rings (SSSR count). The zero-order valence-corrected chi connectivity index (χ0v) is 9.47. The van der Waals surface area contributed by atoms with Crippen molar-refractivity contribution >= 4 is 0 Å². The van der Waals surface area contributed by atoms with Crippen molar-refractivity contribution in [3.05, 3.63) is 11.6 Å². The molecule has 1 aliphatic carbocycles. The molecule has 0 atom stereocenters. The quantitative estimate of drug-likeness (QED) is 0.474. The van der Waals surface area contributed by atoms with Gasteiger partial charge in [0.05, 0.1) is 11.5 Å². The first-order chi connectivity index (χ1) is 6.68. The molecule has 78 valence electrons. The highest BCUT2D eigenvalue weighted by Gasteiger charge is 2.29. The van der Waals surface area contributed by atoms with Crippen LogP contribution in [0.25, 0.3) is 0 Å². The molecule has 0 unspecified atom stereocenters. The third kappa shape index (κ3) is 3.18. The van der Waals surface area contributed by atoms with E-state index in [1.54, 1.807) is 0 Å². The summed E-state index contributed by atoms with van der Waals surface area (Å²) in [5.41, 5.74) is 1.30. The summed E-state index contributed by atoms with van der Waals surface area (Å²) >= 11 is 0. The average Bonchev–Trinajstić information content (AvgIpc) is 2.41. The van der Waals surface area contributed by atoms with Crippen molar-refractivity contribution in [3.63, 3.8) is 0 Å². The molecule has 0 aromatic heterocycles. The Morgan fingerprint density at radius 2 is 1.79 bits per heavy atom. The Kier molecular flexibility index (Phi) is 4.20. The van der Waals surface area contributed by atoms with Crippen LogP contribution in [0, 0.1) is 16.7 Å². The van der Waals surface area contributed by atoms with Crippen molar-refractivity contribution in [2.45, 2.75) is 58.8 Å². The number of rotatable bonds is 2. The first kappa shape index (κ1) is 11.3. The van der Waals surface area contributed by atoms with Gasteiger partial charge in [-0.1, -0.05) is 37.3 Å².